The molecule has 1 fully saturated rings. The Kier molecular flexibility index (Phi) is 17.8. The molecule has 0 atom stereocenters. The van der Waals surface area contributed by atoms with Gasteiger partial charge >= 0.3 is 0 Å². The molecule has 1 aliphatic rings. The zero-order valence-corrected chi connectivity index (χ0v) is 19.2. The van der Waals surface area contributed by atoms with Gasteiger partial charge < -0.3 is 4.90 Å². The first kappa shape index (κ1) is 26.9. The fourth-order valence-corrected chi connectivity index (χ4v) is 3.81. The van der Waals surface area contributed by atoms with Crippen LogP contribution in [-0.4, -0.2) is 43.8 Å². The van der Waals surface area contributed by atoms with Crippen molar-refractivity contribution in [2.24, 2.45) is 5.92 Å². The number of rotatable bonds is 14. The summed E-state index contributed by atoms with van der Waals surface area (Å²) in [5, 5.41) is 0. The normalized spacial score (nSPS) is 16.1. The van der Waals surface area contributed by atoms with E-state index in [1.807, 2.05) is 0 Å². The zero-order chi connectivity index (χ0) is 20.4. The fraction of sp³-hybridized carbons (Fsp3) is 1.00. The van der Waals surface area contributed by atoms with Crippen molar-refractivity contribution in [3.8, 4) is 0 Å². The lowest BCUT2D eigenvalue weighted by Gasteiger charge is -2.32. The summed E-state index contributed by atoms with van der Waals surface area (Å²) in [4.78, 5) is 2.73. The van der Waals surface area contributed by atoms with E-state index < -0.39 is 10.1 Å². The van der Waals surface area contributed by atoms with Crippen molar-refractivity contribution in [1.82, 2.24) is 4.90 Å². The van der Waals surface area contributed by atoms with Crippen molar-refractivity contribution < 1.29 is 13.0 Å². The molecule has 0 aromatic heterocycles. The largest absolute Gasteiger partial charge is 0.303 e. The number of nitrogens with zero attached hydrogens (tertiary/aromatic N) is 1. The van der Waals surface area contributed by atoms with E-state index in [4.69, 9.17) is 4.55 Å². The Morgan fingerprint density at radius 2 is 1.19 bits per heavy atom. The Labute approximate surface area is 170 Å². The van der Waals surface area contributed by atoms with Gasteiger partial charge in [-0.15, -0.1) is 0 Å². The second kappa shape index (κ2) is 17.9. The third kappa shape index (κ3) is 22.0. The highest BCUT2D eigenvalue weighted by Crippen LogP contribution is 2.22. The minimum absolute atomic E-state index is 0.715. The van der Waals surface area contributed by atoms with Crippen LogP contribution in [0.4, 0.5) is 0 Å². The van der Waals surface area contributed by atoms with Crippen LogP contribution < -0.4 is 0 Å². The SMILES string of the molecule is CCCCCCCCCCCCN1CCC(CCCC)CC1.CS(=O)(=O)O. The van der Waals surface area contributed by atoms with E-state index in [0.717, 1.165) is 5.92 Å². The van der Waals surface area contributed by atoms with Crippen LogP contribution in [0.3, 0.4) is 0 Å². The summed E-state index contributed by atoms with van der Waals surface area (Å²) in [6.45, 7) is 8.75. The average Bonchev–Trinajstić information content (AvgIpc) is 2.61. The Morgan fingerprint density at radius 3 is 1.63 bits per heavy atom. The van der Waals surface area contributed by atoms with E-state index >= 15 is 0 Å². The maximum Gasteiger partial charge on any atom is 0.261 e. The Balaban J connectivity index is 0.00000119. The van der Waals surface area contributed by atoms with Gasteiger partial charge in [-0.2, -0.15) is 8.42 Å². The van der Waals surface area contributed by atoms with Gasteiger partial charge in [0.05, 0.1) is 6.26 Å². The van der Waals surface area contributed by atoms with Crippen molar-refractivity contribution in [3.63, 3.8) is 0 Å². The number of hydrogen-bond acceptors (Lipinski definition) is 3. The number of piperidine rings is 1. The highest BCUT2D eigenvalue weighted by molar-refractivity contribution is 7.85. The van der Waals surface area contributed by atoms with Crippen LogP contribution in [0.5, 0.6) is 0 Å². The lowest BCUT2D eigenvalue weighted by molar-refractivity contribution is 0.174. The first-order chi connectivity index (χ1) is 12.9. The molecule has 1 rings (SSSR count). The van der Waals surface area contributed by atoms with E-state index in [-0.39, 0.29) is 0 Å². The molecule has 1 saturated heterocycles. The molecular weight excluding hydrogens is 358 g/mol. The molecule has 0 amide bonds. The molecule has 1 aliphatic heterocycles. The smallest absolute Gasteiger partial charge is 0.261 e. The molecule has 0 saturated carbocycles. The second-order valence-corrected chi connectivity index (χ2v) is 9.81. The summed E-state index contributed by atoms with van der Waals surface area (Å²) in [5.41, 5.74) is 0. The van der Waals surface area contributed by atoms with Crippen LogP contribution >= 0.6 is 0 Å². The lowest BCUT2D eigenvalue weighted by Crippen LogP contribution is -2.34. The maximum atomic E-state index is 9.19. The molecule has 0 unspecified atom stereocenters. The molecular formula is C22H47NO3S. The van der Waals surface area contributed by atoms with Gasteiger partial charge in [0.1, 0.15) is 0 Å². The molecule has 5 heteroatoms. The van der Waals surface area contributed by atoms with Gasteiger partial charge in [0, 0.05) is 0 Å². The molecule has 0 radical (unpaired) electrons. The summed E-state index contributed by atoms with van der Waals surface area (Å²) in [5.74, 6) is 1.05. The zero-order valence-electron chi connectivity index (χ0n) is 18.4. The van der Waals surface area contributed by atoms with Crippen LogP contribution in [-0.2, 0) is 10.1 Å². The maximum absolute atomic E-state index is 9.19. The number of unbranched alkanes of at least 4 members (excludes halogenated alkanes) is 10. The van der Waals surface area contributed by atoms with E-state index in [2.05, 4.69) is 18.7 Å². The molecule has 0 aliphatic carbocycles. The molecule has 1 N–H and O–H groups in total. The van der Waals surface area contributed by atoms with Gasteiger partial charge in [0.25, 0.3) is 10.1 Å². The van der Waals surface area contributed by atoms with Gasteiger partial charge in [-0.05, 0) is 44.8 Å². The standard InChI is InChI=1S/C21H43N.CH4O3S/c1-3-5-7-8-9-10-11-12-13-14-18-22-19-16-21(17-20-22)15-6-4-2;1-5(2,3)4/h21H,3-20H2,1-2H3;1H3,(H,2,3,4). The summed E-state index contributed by atoms with van der Waals surface area (Å²) in [7, 11) is -3.67. The minimum atomic E-state index is -3.67. The third-order valence-corrected chi connectivity index (χ3v) is 5.50. The van der Waals surface area contributed by atoms with E-state index in [1.54, 1.807) is 0 Å². The quantitative estimate of drug-likeness (QED) is 0.271. The first-order valence-corrected chi connectivity index (χ1v) is 13.4. The van der Waals surface area contributed by atoms with Gasteiger partial charge in [-0.25, -0.2) is 0 Å². The van der Waals surface area contributed by atoms with Crippen LogP contribution in [0.15, 0.2) is 0 Å². The Bertz CT molecular complexity index is 396. The minimum Gasteiger partial charge on any atom is -0.303 e. The number of hydrogen-bond donors (Lipinski definition) is 1. The van der Waals surface area contributed by atoms with Gasteiger partial charge in [0.15, 0.2) is 0 Å². The molecule has 0 bridgehead atoms. The molecule has 164 valence electrons. The summed E-state index contributed by atoms with van der Waals surface area (Å²) >= 11 is 0. The van der Waals surface area contributed by atoms with Crippen LogP contribution in [0, 0.1) is 5.92 Å². The average molecular weight is 406 g/mol. The van der Waals surface area contributed by atoms with Crippen molar-refractivity contribution >= 4 is 10.1 Å². The van der Waals surface area contributed by atoms with E-state index in [0.29, 0.717) is 6.26 Å². The van der Waals surface area contributed by atoms with Crippen molar-refractivity contribution in [2.45, 2.75) is 110 Å². The lowest BCUT2D eigenvalue weighted by atomic mass is 9.91. The monoisotopic (exact) mass is 405 g/mol. The van der Waals surface area contributed by atoms with E-state index in [1.165, 1.54) is 116 Å². The van der Waals surface area contributed by atoms with Crippen molar-refractivity contribution in [3.05, 3.63) is 0 Å². The summed E-state index contributed by atoms with van der Waals surface area (Å²) in [6, 6.07) is 0. The first-order valence-electron chi connectivity index (χ1n) is 11.5. The summed E-state index contributed by atoms with van der Waals surface area (Å²) in [6.07, 6.45) is 22.5. The van der Waals surface area contributed by atoms with Gasteiger partial charge in [0.2, 0.25) is 0 Å². The van der Waals surface area contributed by atoms with Gasteiger partial charge in [-0.1, -0.05) is 90.9 Å². The summed E-state index contributed by atoms with van der Waals surface area (Å²) < 4.78 is 25.9. The molecule has 27 heavy (non-hydrogen) atoms. The fourth-order valence-electron chi connectivity index (χ4n) is 3.81. The molecule has 0 aromatic rings. The van der Waals surface area contributed by atoms with Crippen LogP contribution in [0.2, 0.25) is 0 Å². The second-order valence-electron chi connectivity index (χ2n) is 8.34. The van der Waals surface area contributed by atoms with E-state index in [9.17, 15) is 8.42 Å². The Hall–Kier alpha value is -0.130. The van der Waals surface area contributed by atoms with Gasteiger partial charge in [-0.3, -0.25) is 4.55 Å². The van der Waals surface area contributed by atoms with Crippen molar-refractivity contribution in [1.29, 1.82) is 0 Å². The van der Waals surface area contributed by atoms with Crippen molar-refractivity contribution in [2.75, 3.05) is 25.9 Å². The number of likely N-dealkylation sites (tertiary alicyclic amines) is 1. The van der Waals surface area contributed by atoms with Crippen LogP contribution in [0.25, 0.3) is 0 Å². The topological polar surface area (TPSA) is 57.6 Å². The van der Waals surface area contributed by atoms with Crippen LogP contribution in [0.1, 0.15) is 110 Å². The predicted octanol–water partition coefficient (Wildman–Crippen LogP) is 6.31. The highest BCUT2D eigenvalue weighted by atomic mass is 32.2. The molecule has 0 spiro atoms. The molecule has 4 nitrogen and oxygen atoms in total. The Morgan fingerprint density at radius 1 is 0.778 bits per heavy atom. The third-order valence-electron chi connectivity index (χ3n) is 5.50. The predicted molar refractivity (Wildman–Crippen MR) is 118 cm³/mol. The molecule has 1 heterocycles. The molecule has 0 aromatic carbocycles. The highest BCUT2D eigenvalue weighted by Gasteiger charge is 2.17.